The molecule has 0 spiro atoms. The normalized spacial score (nSPS) is 23.3. The molecule has 0 unspecified atom stereocenters. The molecule has 2 N–H and O–H groups in total. The van der Waals surface area contributed by atoms with Crippen LogP contribution in [0, 0.1) is 12.8 Å². The van der Waals surface area contributed by atoms with Crippen molar-refractivity contribution < 1.29 is 23.4 Å². The van der Waals surface area contributed by atoms with Gasteiger partial charge in [-0.3, -0.25) is 0 Å². The lowest BCUT2D eigenvalue weighted by atomic mass is 9.89. The van der Waals surface area contributed by atoms with Crippen LogP contribution in [0.3, 0.4) is 0 Å². The first-order valence-corrected chi connectivity index (χ1v) is 11.1. The second-order valence-corrected chi connectivity index (χ2v) is 9.82. The number of hydrogen-bond acceptors (Lipinski definition) is 4. The van der Waals surface area contributed by atoms with Crippen molar-refractivity contribution in [3.8, 4) is 5.75 Å². The summed E-state index contributed by atoms with van der Waals surface area (Å²) in [7, 11) is -3.47. The molecule has 0 bridgehead atoms. The molecular weight excluding hydrogens is 362 g/mol. The average molecular weight is 391 g/mol. The van der Waals surface area contributed by atoms with Gasteiger partial charge in [-0.25, -0.2) is 13.6 Å². The van der Waals surface area contributed by atoms with Crippen molar-refractivity contribution in [2.45, 2.75) is 31.1 Å². The molecule has 0 saturated carbocycles. The van der Waals surface area contributed by atoms with E-state index in [-0.39, 0.29) is 27.6 Å². The molecule has 0 radical (unpaired) electrons. The molecule has 0 atom stereocenters. The van der Waals surface area contributed by atoms with Crippen LogP contribution >= 0.6 is 0 Å². The second kappa shape index (κ2) is 8.00. The van der Waals surface area contributed by atoms with Crippen LogP contribution in [-0.2, 0) is 16.3 Å². The van der Waals surface area contributed by atoms with E-state index in [1.54, 1.807) is 0 Å². The van der Waals surface area contributed by atoms with Gasteiger partial charge in [0.2, 0.25) is 0 Å². The van der Waals surface area contributed by atoms with Gasteiger partial charge in [-0.1, -0.05) is 29.8 Å². The van der Waals surface area contributed by atoms with Gasteiger partial charge in [0.25, 0.3) is 0 Å². The summed E-state index contributed by atoms with van der Waals surface area (Å²) in [6, 6.07) is 14.1. The number of phenols is 1. The number of benzene rings is 2. The monoisotopic (exact) mass is 390 g/mol. The fraction of sp³-hybridized carbons (Fsp3) is 0.429. The minimum absolute atomic E-state index is 0.0373. The molecule has 0 aromatic heterocycles. The summed E-state index contributed by atoms with van der Waals surface area (Å²) in [4.78, 5) is 0.182. The Kier molecular flexibility index (Phi) is 5.89. The first-order chi connectivity index (χ1) is 12.8. The lowest BCUT2D eigenvalue weighted by Gasteiger charge is -2.36. The van der Waals surface area contributed by atoms with E-state index < -0.39 is 9.84 Å². The summed E-state index contributed by atoms with van der Waals surface area (Å²) in [5, 5.41) is 20.1. The van der Waals surface area contributed by atoms with Gasteiger partial charge in [0.1, 0.15) is 31.1 Å². The number of quaternary nitrogens is 1. The van der Waals surface area contributed by atoms with Crippen LogP contribution in [0.5, 0.6) is 5.75 Å². The van der Waals surface area contributed by atoms with Crippen LogP contribution < -0.4 is 0 Å². The molecule has 146 valence electrons. The highest BCUT2D eigenvalue weighted by Gasteiger charge is 2.34. The zero-order valence-corrected chi connectivity index (χ0v) is 16.5. The van der Waals surface area contributed by atoms with Gasteiger partial charge in [-0.05, 0) is 49.1 Å². The summed E-state index contributed by atoms with van der Waals surface area (Å²) in [6.07, 6.45) is 2.79. The molecule has 5 nitrogen and oxygen atoms in total. The van der Waals surface area contributed by atoms with Crippen LogP contribution in [0.4, 0.5) is 0 Å². The van der Waals surface area contributed by atoms with Gasteiger partial charge >= 0.3 is 0 Å². The van der Waals surface area contributed by atoms with Gasteiger partial charge in [0.15, 0.2) is 9.84 Å². The van der Waals surface area contributed by atoms with Gasteiger partial charge in [0.05, 0.1) is 4.90 Å². The highest BCUT2D eigenvalue weighted by atomic mass is 32.2. The molecule has 1 saturated heterocycles. The van der Waals surface area contributed by atoms with E-state index in [1.807, 2.05) is 0 Å². The van der Waals surface area contributed by atoms with Gasteiger partial charge < -0.3 is 5.11 Å². The van der Waals surface area contributed by atoms with Crippen molar-refractivity contribution in [3.63, 3.8) is 0 Å². The predicted molar refractivity (Wildman–Crippen MR) is 104 cm³/mol. The van der Waals surface area contributed by atoms with E-state index in [9.17, 15) is 18.7 Å². The predicted octanol–water partition coefficient (Wildman–Crippen LogP) is 3.33. The van der Waals surface area contributed by atoms with Gasteiger partial charge in [-0.15, -0.1) is 0 Å². The number of aromatic hydroxyl groups is 1. The topological polar surface area (TPSA) is 74.6 Å². The first-order valence-electron chi connectivity index (χ1n) is 9.42. The minimum Gasteiger partial charge on any atom is -0.508 e. The maximum absolute atomic E-state index is 12.5. The van der Waals surface area contributed by atoms with Crippen molar-refractivity contribution in [2.24, 2.45) is 5.92 Å². The highest BCUT2D eigenvalue weighted by Crippen LogP contribution is 2.26. The summed E-state index contributed by atoms with van der Waals surface area (Å²) in [5.41, 5.74) is 2.57. The molecular formula is C21H28NO4S+. The molecule has 6 heteroatoms. The Morgan fingerprint density at radius 1 is 1.00 bits per heavy atom. The molecule has 1 heterocycles. The average Bonchev–Trinajstić information content (AvgIpc) is 2.65. The number of phenolic OH excluding ortho intramolecular Hbond substituents is 1. The molecule has 3 rings (SSSR count). The van der Waals surface area contributed by atoms with Crippen LogP contribution in [0.25, 0.3) is 0 Å². The fourth-order valence-corrected chi connectivity index (χ4v) is 5.02. The lowest BCUT2D eigenvalue weighted by Crippen LogP contribution is -2.52. The van der Waals surface area contributed by atoms with Crippen LogP contribution in [-0.4, -0.2) is 48.8 Å². The summed E-state index contributed by atoms with van der Waals surface area (Å²) in [6.45, 7) is 3.44. The first kappa shape index (κ1) is 19.9. The Bertz CT molecular complexity index is 852. The molecule has 2 aromatic carbocycles. The van der Waals surface area contributed by atoms with E-state index in [0.717, 1.165) is 19.3 Å². The van der Waals surface area contributed by atoms with Crippen molar-refractivity contribution in [3.05, 3.63) is 59.7 Å². The molecule has 1 aliphatic heterocycles. The van der Waals surface area contributed by atoms with Gasteiger partial charge in [-0.2, -0.15) is 4.65 Å². The maximum atomic E-state index is 12.5. The lowest BCUT2D eigenvalue weighted by molar-refractivity contribution is -1.10. The Labute approximate surface area is 161 Å². The van der Waals surface area contributed by atoms with Crippen molar-refractivity contribution in [1.29, 1.82) is 0 Å². The second-order valence-electron chi connectivity index (χ2n) is 7.71. The Hall–Kier alpha value is -1.89. The van der Waals surface area contributed by atoms with Gasteiger partial charge in [0, 0.05) is 12.8 Å². The molecule has 27 heavy (non-hydrogen) atoms. The summed E-state index contributed by atoms with van der Waals surface area (Å²) in [5.74, 6) is 0.465. The SMILES string of the molecule is Cc1ccc(CC2CC[N+](O)(CCS(=O)(=O)c3ccc(O)cc3)CC2)cc1. The maximum Gasteiger partial charge on any atom is 0.184 e. The third-order valence-electron chi connectivity index (χ3n) is 5.52. The third kappa shape index (κ3) is 5.31. The van der Waals surface area contributed by atoms with Crippen LogP contribution in [0.2, 0.25) is 0 Å². The number of aryl methyl sites for hydroxylation is 1. The van der Waals surface area contributed by atoms with Crippen LogP contribution in [0.1, 0.15) is 24.0 Å². The Morgan fingerprint density at radius 3 is 2.19 bits per heavy atom. The number of nitrogens with zero attached hydrogens (tertiary/aromatic N) is 1. The molecule has 2 aromatic rings. The number of rotatable bonds is 6. The number of piperidine rings is 1. The molecule has 0 amide bonds. The molecule has 0 aliphatic carbocycles. The fourth-order valence-electron chi connectivity index (χ4n) is 3.65. The van der Waals surface area contributed by atoms with E-state index in [0.29, 0.717) is 19.0 Å². The quantitative estimate of drug-likeness (QED) is 0.742. The van der Waals surface area contributed by atoms with Crippen LogP contribution in [0.15, 0.2) is 53.4 Å². The smallest absolute Gasteiger partial charge is 0.184 e. The molecule has 1 aliphatic rings. The molecule has 1 fully saturated rings. The largest absolute Gasteiger partial charge is 0.508 e. The minimum atomic E-state index is -3.47. The standard InChI is InChI=1S/C21H27NO4S/c1-17-2-4-18(5-3-17)16-19-10-12-22(24,13-11-19)14-15-27(25,26)21-8-6-20(23)7-9-21/h2-9,19,24H,10-16H2,1H3/p+1. The van der Waals surface area contributed by atoms with Crippen molar-refractivity contribution in [1.82, 2.24) is 0 Å². The van der Waals surface area contributed by atoms with E-state index in [1.165, 1.54) is 35.4 Å². The van der Waals surface area contributed by atoms with Crippen molar-refractivity contribution in [2.75, 3.05) is 25.4 Å². The zero-order chi connectivity index (χ0) is 19.5. The number of sulfone groups is 1. The Balaban J connectivity index is 1.53. The number of hydroxylamine groups is 3. The van der Waals surface area contributed by atoms with E-state index in [2.05, 4.69) is 31.2 Å². The zero-order valence-electron chi connectivity index (χ0n) is 15.7. The highest BCUT2D eigenvalue weighted by molar-refractivity contribution is 7.91. The van der Waals surface area contributed by atoms with E-state index in [4.69, 9.17) is 0 Å². The summed E-state index contributed by atoms with van der Waals surface area (Å²) < 4.78 is 24.7. The number of hydrogen-bond donors (Lipinski definition) is 2. The van der Waals surface area contributed by atoms with Crippen molar-refractivity contribution >= 4 is 9.84 Å². The van der Waals surface area contributed by atoms with E-state index >= 15 is 0 Å². The third-order valence-corrected chi connectivity index (χ3v) is 7.23. The number of likely N-dealkylation sites (tertiary alicyclic amines) is 1. The Morgan fingerprint density at radius 2 is 1.59 bits per heavy atom. The summed E-state index contributed by atoms with van der Waals surface area (Å²) >= 11 is 0.